The molecule has 20 heavy (non-hydrogen) atoms. The van der Waals surface area contributed by atoms with Crippen LogP contribution in [0.3, 0.4) is 0 Å². The van der Waals surface area contributed by atoms with E-state index in [-0.39, 0.29) is 12.1 Å². The Morgan fingerprint density at radius 3 is 3.00 bits per heavy atom. The highest BCUT2D eigenvalue weighted by atomic mass is 16.5. The van der Waals surface area contributed by atoms with Gasteiger partial charge in [-0.05, 0) is 27.2 Å². The second-order valence-corrected chi connectivity index (χ2v) is 5.05. The van der Waals surface area contributed by atoms with Gasteiger partial charge in [0.15, 0.2) is 0 Å². The predicted octanol–water partition coefficient (Wildman–Crippen LogP) is 0.927. The fourth-order valence-corrected chi connectivity index (χ4v) is 2.23. The second kappa shape index (κ2) is 6.69. The van der Waals surface area contributed by atoms with Gasteiger partial charge in [-0.25, -0.2) is 4.79 Å². The van der Waals surface area contributed by atoms with E-state index in [1.807, 2.05) is 25.7 Å². The summed E-state index contributed by atoms with van der Waals surface area (Å²) in [7, 11) is 0. The molecule has 0 radical (unpaired) electrons. The van der Waals surface area contributed by atoms with Crippen LogP contribution in [0.1, 0.15) is 31.7 Å². The molecule has 2 heterocycles. The third-order valence-electron chi connectivity index (χ3n) is 3.45. The number of carbonyl (C=O) groups excluding carboxylic acids is 1. The minimum absolute atomic E-state index is 0.0616. The van der Waals surface area contributed by atoms with E-state index in [9.17, 15) is 4.79 Å². The lowest BCUT2D eigenvalue weighted by atomic mass is 10.3. The molecule has 1 aliphatic rings. The van der Waals surface area contributed by atoms with Crippen molar-refractivity contribution >= 4 is 6.03 Å². The molecule has 1 fully saturated rings. The Morgan fingerprint density at radius 2 is 2.30 bits per heavy atom. The van der Waals surface area contributed by atoms with Gasteiger partial charge in [0, 0.05) is 13.2 Å². The maximum Gasteiger partial charge on any atom is 0.318 e. The maximum absolute atomic E-state index is 12.2. The van der Waals surface area contributed by atoms with Gasteiger partial charge in [-0.3, -0.25) is 0 Å². The molecule has 1 aliphatic heterocycles. The van der Waals surface area contributed by atoms with Crippen LogP contribution >= 0.6 is 0 Å². The van der Waals surface area contributed by atoms with Crippen LogP contribution in [0.5, 0.6) is 0 Å². The molecule has 1 aromatic heterocycles. The van der Waals surface area contributed by atoms with Gasteiger partial charge in [0.05, 0.1) is 31.4 Å². The van der Waals surface area contributed by atoms with Crippen molar-refractivity contribution in [3.05, 3.63) is 11.4 Å². The summed E-state index contributed by atoms with van der Waals surface area (Å²) in [4.78, 5) is 15.7. The Balaban J connectivity index is 1.92. The fraction of sp³-hybridized carbons (Fsp3) is 0.769. The van der Waals surface area contributed by atoms with Gasteiger partial charge in [0.2, 0.25) is 0 Å². The van der Waals surface area contributed by atoms with Crippen LogP contribution < -0.4 is 5.32 Å². The first-order valence-corrected chi connectivity index (χ1v) is 7.14. The molecule has 0 bridgehead atoms. The highest BCUT2D eigenvalue weighted by molar-refractivity contribution is 5.74. The van der Waals surface area contributed by atoms with Crippen LogP contribution in [0, 0.1) is 6.92 Å². The van der Waals surface area contributed by atoms with E-state index in [2.05, 4.69) is 15.5 Å². The highest BCUT2D eigenvalue weighted by Gasteiger charge is 2.22. The molecule has 1 atom stereocenters. The SMILES string of the molecule is CCn1nc(C)c(CNC(=O)N2CCCOCC2C)n1. The zero-order chi connectivity index (χ0) is 14.5. The highest BCUT2D eigenvalue weighted by Crippen LogP contribution is 2.08. The summed E-state index contributed by atoms with van der Waals surface area (Å²) in [6.45, 7) is 9.08. The molecule has 7 heteroatoms. The molecular formula is C13H23N5O2. The number of hydrogen-bond acceptors (Lipinski definition) is 4. The molecule has 0 aromatic carbocycles. The van der Waals surface area contributed by atoms with Gasteiger partial charge >= 0.3 is 6.03 Å². The monoisotopic (exact) mass is 281 g/mol. The molecule has 1 unspecified atom stereocenters. The Bertz CT molecular complexity index is 460. The van der Waals surface area contributed by atoms with Crippen molar-refractivity contribution in [2.75, 3.05) is 19.8 Å². The molecule has 2 rings (SSSR count). The van der Waals surface area contributed by atoms with Gasteiger partial charge in [0.1, 0.15) is 5.69 Å². The van der Waals surface area contributed by atoms with Crippen molar-refractivity contribution in [2.45, 2.75) is 46.3 Å². The lowest BCUT2D eigenvalue weighted by Gasteiger charge is -2.26. The lowest BCUT2D eigenvalue weighted by molar-refractivity contribution is 0.114. The number of amides is 2. The van der Waals surface area contributed by atoms with Crippen LogP contribution in [0.2, 0.25) is 0 Å². The second-order valence-electron chi connectivity index (χ2n) is 5.05. The number of nitrogens with one attached hydrogen (secondary N) is 1. The van der Waals surface area contributed by atoms with Crippen LogP contribution in [0.15, 0.2) is 0 Å². The quantitative estimate of drug-likeness (QED) is 0.894. The predicted molar refractivity (Wildman–Crippen MR) is 74.3 cm³/mol. The molecule has 0 spiro atoms. The van der Waals surface area contributed by atoms with Gasteiger partial charge in [-0.1, -0.05) is 0 Å². The van der Waals surface area contributed by atoms with Gasteiger partial charge in [0.25, 0.3) is 0 Å². The van der Waals surface area contributed by atoms with Crippen molar-refractivity contribution in [1.29, 1.82) is 0 Å². The summed E-state index contributed by atoms with van der Waals surface area (Å²) in [5.41, 5.74) is 1.68. The lowest BCUT2D eigenvalue weighted by Crippen LogP contribution is -2.46. The minimum Gasteiger partial charge on any atom is -0.379 e. The van der Waals surface area contributed by atoms with E-state index in [1.54, 1.807) is 4.80 Å². The van der Waals surface area contributed by atoms with Gasteiger partial charge in [-0.2, -0.15) is 15.0 Å². The van der Waals surface area contributed by atoms with E-state index in [0.717, 1.165) is 37.5 Å². The van der Waals surface area contributed by atoms with E-state index in [1.165, 1.54) is 0 Å². The number of carbonyl (C=O) groups is 1. The fourth-order valence-electron chi connectivity index (χ4n) is 2.23. The topological polar surface area (TPSA) is 72.3 Å². The number of aryl methyl sites for hydroxylation is 2. The normalized spacial score (nSPS) is 19.8. The van der Waals surface area contributed by atoms with Crippen molar-refractivity contribution in [1.82, 2.24) is 25.2 Å². The van der Waals surface area contributed by atoms with E-state index >= 15 is 0 Å². The Hall–Kier alpha value is -1.63. The summed E-state index contributed by atoms with van der Waals surface area (Å²) in [5.74, 6) is 0. The molecule has 112 valence electrons. The standard InChI is InChI=1S/C13H23N5O2/c1-4-18-15-11(3)12(16-18)8-14-13(19)17-6-5-7-20-9-10(17)2/h10H,4-9H2,1-3H3,(H,14,19). The Kier molecular flexibility index (Phi) is 4.94. The number of urea groups is 1. The number of nitrogens with zero attached hydrogens (tertiary/aromatic N) is 4. The van der Waals surface area contributed by atoms with E-state index in [0.29, 0.717) is 13.2 Å². The van der Waals surface area contributed by atoms with Crippen molar-refractivity contribution in [3.8, 4) is 0 Å². The van der Waals surface area contributed by atoms with Gasteiger partial charge < -0.3 is 15.0 Å². The van der Waals surface area contributed by atoms with Crippen molar-refractivity contribution in [2.24, 2.45) is 0 Å². The first-order chi connectivity index (χ1) is 9.61. The zero-order valence-electron chi connectivity index (χ0n) is 12.4. The minimum atomic E-state index is -0.0616. The first-order valence-electron chi connectivity index (χ1n) is 7.14. The summed E-state index contributed by atoms with van der Waals surface area (Å²) in [6, 6.07) is 0.0402. The number of aromatic nitrogens is 3. The third-order valence-corrected chi connectivity index (χ3v) is 3.45. The van der Waals surface area contributed by atoms with Crippen molar-refractivity contribution in [3.63, 3.8) is 0 Å². The number of ether oxygens (including phenoxy) is 1. The summed E-state index contributed by atoms with van der Waals surface area (Å²) >= 11 is 0. The van der Waals surface area contributed by atoms with Crippen LogP contribution in [0.4, 0.5) is 4.79 Å². The zero-order valence-corrected chi connectivity index (χ0v) is 12.4. The van der Waals surface area contributed by atoms with Crippen LogP contribution in [0.25, 0.3) is 0 Å². The molecule has 1 N–H and O–H groups in total. The molecule has 0 saturated carbocycles. The first kappa shape index (κ1) is 14.8. The van der Waals surface area contributed by atoms with Gasteiger partial charge in [-0.15, -0.1) is 0 Å². The molecule has 1 saturated heterocycles. The number of rotatable bonds is 3. The smallest absolute Gasteiger partial charge is 0.318 e. The Morgan fingerprint density at radius 1 is 1.50 bits per heavy atom. The maximum atomic E-state index is 12.2. The Labute approximate surface area is 119 Å². The largest absolute Gasteiger partial charge is 0.379 e. The molecule has 1 aromatic rings. The molecule has 2 amide bonds. The number of hydrogen-bond donors (Lipinski definition) is 1. The summed E-state index contributed by atoms with van der Waals surface area (Å²) in [6.07, 6.45) is 0.878. The van der Waals surface area contributed by atoms with Crippen LogP contribution in [-0.4, -0.2) is 51.7 Å². The summed E-state index contributed by atoms with van der Waals surface area (Å²) < 4.78 is 5.44. The average molecular weight is 281 g/mol. The van der Waals surface area contributed by atoms with E-state index in [4.69, 9.17) is 4.74 Å². The van der Waals surface area contributed by atoms with E-state index < -0.39 is 0 Å². The van der Waals surface area contributed by atoms with Crippen LogP contribution in [-0.2, 0) is 17.8 Å². The molecular weight excluding hydrogens is 258 g/mol. The summed E-state index contributed by atoms with van der Waals surface area (Å²) in [5, 5.41) is 11.5. The molecule has 7 nitrogen and oxygen atoms in total. The third kappa shape index (κ3) is 3.47. The average Bonchev–Trinajstić information content (AvgIpc) is 2.65. The molecule has 0 aliphatic carbocycles. The van der Waals surface area contributed by atoms with Crippen molar-refractivity contribution < 1.29 is 9.53 Å².